The van der Waals surface area contributed by atoms with Crippen molar-refractivity contribution < 1.29 is 30.7 Å². The van der Waals surface area contributed by atoms with E-state index in [1.54, 1.807) is 0 Å². The SMILES string of the molecule is N#Cc1ccc(S(=O)(=O)Cl)c(C(F)F)c1OC(F)F. The standard InChI is InChI=1S/C9H4ClF4NO3S/c10-19(16,17)5-2-1-4(3-15)7(18-9(13)14)6(5)8(11)12/h1-2,8-9H. The first-order valence-corrected chi connectivity index (χ1v) is 6.74. The highest BCUT2D eigenvalue weighted by Gasteiger charge is 2.29. The number of nitrogens with zero attached hydrogens (tertiary/aromatic N) is 1. The van der Waals surface area contributed by atoms with Gasteiger partial charge in [-0.05, 0) is 12.1 Å². The van der Waals surface area contributed by atoms with E-state index in [2.05, 4.69) is 4.74 Å². The maximum Gasteiger partial charge on any atom is 0.387 e. The molecule has 10 heteroatoms. The minimum atomic E-state index is -4.60. The molecule has 0 amide bonds. The van der Waals surface area contributed by atoms with Crippen molar-refractivity contribution in [2.75, 3.05) is 0 Å². The van der Waals surface area contributed by atoms with Gasteiger partial charge < -0.3 is 4.74 Å². The minimum Gasteiger partial charge on any atom is -0.433 e. The molecular weight excluding hydrogens is 314 g/mol. The van der Waals surface area contributed by atoms with Crippen LogP contribution in [0.2, 0.25) is 0 Å². The molecule has 19 heavy (non-hydrogen) atoms. The van der Waals surface area contributed by atoms with E-state index >= 15 is 0 Å². The molecule has 0 saturated heterocycles. The molecule has 1 aromatic rings. The molecule has 0 aromatic heterocycles. The number of ether oxygens (including phenoxy) is 1. The summed E-state index contributed by atoms with van der Waals surface area (Å²) in [6.07, 6.45) is -3.47. The van der Waals surface area contributed by atoms with Crippen molar-refractivity contribution in [3.8, 4) is 11.8 Å². The van der Waals surface area contributed by atoms with E-state index in [0.29, 0.717) is 6.07 Å². The number of hydrogen-bond donors (Lipinski definition) is 0. The van der Waals surface area contributed by atoms with Crippen LogP contribution >= 0.6 is 10.7 Å². The molecule has 0 atom stereocenters. The normalized spacial score (nSPS) is 11.7. The topological polar surface area (TPSA) is 67.2 Å². The fourth-order valence-corrected chi connectivity index (χ4v) is 2.38. The first kappa shape index (κ1) is 15.5. The number of halogens is 5. The summed E-state index contributed by atoms with van der Waals surface area (Å²) >= 11 is 0. The molecule has 0 aliphatic heterocycles. The number of alkyl halides is 4. The van der Waals surface area contributed by atoms with Crippen molar-refractivity contribution >= 4 is 19.7 Å². The largest absolute Gasteiger partial charge is 0.433 e. The lowest BCUT2D eigenvalue weighted by atomic mass is 10.1. The number of nitriles is 1. The summed E-state index contributed by atoms with van der Waals surface area (Å²) in [4.78, 5) is -1.08. The summed E-state index contributed by atoms with van der Waals surface area (Å²) in [7, 11) is 0.321. The van der Waals surface area contributed by atoms with Crippen molar-refractivity contribution in [1.29, 1.82) is 5.26 Å². The predicted molar refractivity (Wildman–Crippen MR) is 55.8 cm³/mol. The molecule has 0 bridgehead atoms. The van der Waals surface area contributed by atoms with Crippen LogP contribution in [0.1, 0.15) is 17.6 Å². The zero-order chi connectivity index (χ0) is 14.8. The van der Waals surface area contributed by atoms with Gasteiger partial charge in [0.15, 0.2) is 5.75 Å². The summed E-state index contributed by atoms with van der Waals surface area (Å²) in [5.41, 5.74) is -2.02. The van der Waals surface area contributed by atoms with Gasteiger partial charge in [-0.2, -0.15) is 14.0 Å². The summed E-state index contributed by atoms with van der Waals surface area (Å²) in [6, 6.07) is 2.72. The maximum absolute atomic E-state index is 12.8. The molecule has 0 spiro atoms. The summed E-state index contributed by atoms with van der Waals surface area (Å²) in [6.45, 7) is -3.50. The van der Waals surface area contributed by atoms with Crippen molar-refractivity contribution in [1.82, 2.24) is 0 Å². The van der Waals surface area contributed by atoms with Crippen LogP contribution < -0.4 is 4.74 Å². The van der Waals surface area contributed by atoms with Crippen LogP contribution in [-0.2, 0) is 9.05 Å². The summed E-state index contributed by atoms with van der Waals surface area (Å²) in [5, 5.41) is 8.63. The van der Waals surface area contributed by atoms with Gasteiger partial charge in [0.05, 0.1) is 16.0 Å². The third-order valence-corrected chi connectivity index (χ3v) is 3.34. The van der Waals surface area contributed by atoms with Crippen molar-refractivity contribution in [3.63, 3.8) is 0 Å². The van der Waals surface area contributed by atoms with E-state index in [1.165, 1.54) is 6.07 Å². The van der Waals surface area contributed by atoms with Gasteiger partial charge >= 0.3 is 6.61 Å². The Morgan fingerprint density at radius 2 is 1.84 bits per heavy atom. The van der Waals surface area contributed by atoms with Gasteiger partial charge in [0.25, 0.3) is 15.5 Å². The molecule has 0 radical (unpaired) electrons. The van der Waals surface area contributed by atoms with Crippen molar-refractivity contribution in [2.45, 2.75) is 17.9 Å². The summed E-state index contributed by atoms with van der Waals surface area (Å²) < 4.78 is 76.0. The average molecular weight is 318 g/mol. The van der Waals surface area contributed by atoms with E-state index in [-0.39, 0.29) is 0 Å². The van der Waals surface area contributed by atoms with Crippen LogP contribution in [0.3, 0.4) is 0 Å². The van der Waals surface area contributed by atoms with E-state index in [4.69, 9.17) is 15.9 Å². The molecule has 0 saturated carbocycles. The first-order chi connectivity index (χ1) is 8.68. The second-order valence-electron chi connectivity index (χ2n) is 3.08. The Balaban J connectivity index is 3.69. The van der Waals surface area contributed by atoms with Crippen LogP contribution in [0, 0.1) is 11.3 Å². The van der Waals surface area contributed by atoms with Gasteiger partial charge in [0.1, 0.15) is 6.07 Å². The first-order valence-electron chi connectivity index (χ1n) is 4.43. The van der Waals surface area contributed by atoms with Crippen LogP contribution in [0.25, 0.3) is 0 Å². The molecule has 1 rings (SSSR count). The highest BCUT2D eigenvalue weighted by molar-refractivity contribution is 8.13. The molecule has 0 N–H and O–H groups in total. The third kappa shape index (κ3) is 3.48. The number of rotatable bonds is 4. The van der Waals surface area contributed by atoms with Gasteiger partial charge in [-0.25, -0.2) is 17.2 Å². The average Bonchev–Trinajstić information content (AvgIpc) is 2.25. The van der Waals surface area contributed by atoms with Gasteiger partial charge in [-0.1, -0.05) is 0 Å². The van der Waals surface area contributed by atoms with E-state index in [1.807, 2.05) is 0 Å². The van der Waals surface area contributed by atoms with E-state index < -0.39 is 43.9 Å². The lowest BCUT2D eigenvalue weighted by Gasteiger charge is -2.14. The molecule has 104 valence electrons. The Morgan fingerprint density at radius 3 is 2.21 bits per heavy atom. The minimum absolute atomic E-state index is 0.626. The van der Waals surface area contributed by atoms with Crippen LogP contribution in [0.4, 0.5) is 17.6 Å². The van der Waals surface area contributed by atoms with Gasteiger partial charge in [-0.3, -0.25) is 0 Å². The van der Waals surface area contributed by atoms with Crippen LogP contribution in [0.5, 0.6) is 5.75 Å². The van der Waals surface area contributed by atoms with E-state index in [0.717, 1.165) is 6.07 Å². The Labute approximate surface area is 109 Å². The Morgan fingerprint density at radius 1 is 1.26 bits per heavy atom. The molecule has 0 aliphatic carbocycles. The Kier molecular flexibility index (Phi) is 4.60. The second-order valence-corrected chi connectivity index (χ2v) is 5.62. The maximum atomic E-state index is 12.8. The molecule has 0 heterocycles. The molecule has 4 nitrogen and oxygen atoms in total. The molecule has 1 aromatic carbocycles. The van der Waals surface area contributed by atoms with Crippen molar-refractivity contribution in [2.24, 2.45) is 0 Å². The molecular formula is C9H4ClF4NO3S. The monoisotopic (exact) mass is 317 g/mol. The zero-order valence-corrected chi connectivity index (χ0v) is 10.4. The quantitative estimate of drug-likeness (QED) is 0.632. The predicted octanol–water partition coefficient (Wildman–Crippen LogP) is 3.02. The van der Waals surface area contributed by atoms with Crippen LogP contribution in [0.15, 0.2) is 17.0 Å². The second kappa shape index (κ2) is 5.63. The highest BCUT2D eigenvalue weighted by atomic mass is 35.7. The lowest BCUT2D eigenvalue weighted by Crippen LogP contribution is -2.09. The van der Waals surface area contributed by atoms with Gasteiger partial charge in [0.2, 0.25) is 0 Å². The Bertz CT molecular complexity index is 627. The van der Waals surface area contributed by atoms with Gasteiger partial charge in [-0.15, -0.1) is 0 Å². The fraction of sp³-hybridized carbons (Fsp3) is 0.222. The van der Waals surface area contributed by atoms with Crippen LogP contribution in [-0.4, -0.2) is 15.0 Å². The molecule has 0 unspecified atom stereocenters. The number of benzene rings is 1. The third-order valence-electron chi connectivity index (χ3n) is 1.96. The zero-order valence-electron chi connectivity index (χ0n) is 8.78. The fourth-order valence-electron chi connectivity index (χ4n) is 1.30. The van der Waals surface area contributed by atoms with Crippen molar-refractivity contribution in [3.05, 3.63) is 23.3 Å². The lowest BCUT2D eigenvalue weighted by molar-refractivity contribution is -0.0524. The van der Waals surface area contributed by atoms with E-state index in [9.17, 15) is 26.0 Å². The smallest absolute Gasteiger partial charge is 0.387 e. The Hall–Kier alpha value is -1.53. The molecule has 0 aliphatic rings. The number of hydrogen-bond acceptors (Lipinski definition) is 4. The summed E-state index contributed by atoms with van der Waals surface area (Å²) in [5.74, 6) is -1.20. The van der Waals surface area contributed by atoms with Gasteiger partial charge in [0, 0.05) is 10.7 Å². The highest BCUT2D eigenvalue weighted by Crippen LogP contribution is 2.39. The molecule has 0 fully saturated rings.